The van der Waals surface area contributed by atoms with E-state index < -0.39 is 17.9 Å². The fourth-order valence-corrected chi connectivity index (χ4v) is 2.59. The maximum atomic E-state index is 12.9. The zero-order valence-corrected chi connectivity index (χ0v) is 14.8. The number of hydrogen-bond acceptors (Lipinski definition) is 6. The summed E-state index contributed by atoms with van der Waals surface area (Å²) in [5.41, 5.74) is 0.922. The minimum Gasteiger partial charge on any atom is -0.467 e. The van der Waals surface area contributed by atoms with Crippen molar-refractivity contribution in [3.8, 4) is 0 Å². The Morgan fingerprint density at radius 2 is 2.08 bits per heavy atom. The number of carbonyl (C=O) groups is 2. The van der Waals surface area contributed by atoms with Crippen LogP contribution in [0.4, 0.5) is 4.39 Å². The Labute approximate surface area is 148 Å². The molecule has 0 saturated heterocycles. The monoisotopic (exact) mass is 366 g/mol. The fraction of sp³-hybridized carbons (Fsp3) is 0.375. The molecule has 0 fully saturated rings. The molecule has 0 unspecified atom stereocenters. The molecule has 0 spiro atoms. The van der Waals surface area contributed by atoms with Gasteiger partial charge in [0, 0.05) is 0 Å². The lowest BCUT2D eigenvalue weighted by atomic mass is 10.2. The molecule has 2 aromatic rings. The number of nitrogens with zero attached hydrogens (tertiary/aromatic N) is 3. The Morgan fingerprint density at radius 1 is 1.36 bits per heavy atom. The molecular formula is C16H19FN4O3S. The highest BCUT2D eigenvalue weighted by Crippen LogP contribution is 2.06. The highest BCUT2D eigenvalue weighted by molar-refractivity contribution is 7.98. The van der Waals surface area contributed by atoms with Crippen molar-refractivity contribution in [3.63, 3.8) is 0 Å². The van der Waals surface area contributed by atoms with Crippen LogP contribution >= 0.6 is 11.8 Å². The quantitative estimate of drug-likeness (QED) is 0.713. The van der Waals surface area contributed by atoms with Crippen molar-refractivity contribution in [3.05, 3.63) is 47.5 Å². The number of nitrogens with one attached hydrogen (secondary N) is 1. The number of benzene rings is 1. The maximum absolute atomic E-state index is 12.9. The molecule has 0 saturated carbocycles. The van der Waals surface area contributed by atoms with Crippen molar-refractivity contribution >= 4 is 23.6 Å². The van der Waals surface area contributed by atoms with Gasteiger partial charge in [-0.15, -0.1) is 5.10 Å². The van der Waals surface area contributed by atoms with Gasteiger partial charge in [-0.05, 0) is 36.1 Å². The second-order valence-electron chi connectivity index (χ2n) is 5.26. The zero-order chi connectivity index (χ0) is 18.2. The number of carbonyl (C=O) groups excluding carboxylic acids is 2. The van der Waals surface area contributed by atoms with E-state index >= 15 is 0 Å². The van der Waals surface area contributed by atoms with Gasteiger partial charge in [0.25, 0.3) is 5.91 Å². The number of methoxy groups -OCH3 is 1. The molecule has 1 amide bonds. The summed E-state index contributed by atoms with van der Waals surface area (Å²) in [6, 6.07) is 5.24. The Kier molecular flexibility index (Phi) is 6.93. The number of thioether (sulfide) groups is 1. The van der Waals surface area contributed by atoms with Crippen molar-refractivity contribution in [2.75, 3.05) is 19.1 Å². The molecule has 9 heteroatoms. The number of halogens is 1. The van der Waals surface area contributed by atoms with Crippen LogP contribution in [0.15, 0.2) is 30.5 Å². The molecule has 1 N–H and O–H groups in total. The highest BCUT2D eigenvalue weighted by atomic mass is 32.2. The molecule has 1 heterocycles. The van der Waals surface area contributed by atoms with Gasteiger partial charge in [0.2, 0.25) is 0 Å². The molecule has 7 nitrogen and oxygen atoms in total. The van der Waals surface area contributed by atoms with Gasteiger partial charge in [0.15, 0.2) is 5.69 Å². The van der Waals surface area contributed by atoms with Crippen molar-refractivity contribution in [2.24, 2.45) is 0 Å². The summed E-state index contributed by atoms with van der Waals surface area (Å²) in [6.45, 7) is 0.355. The number of aromatic nitrogens is 3. The van der Waals surface area contributed by atoms with E-state index in [2.05, 4.69) is 15.6 Å². The average molecular weight is 366 g/mol. The summed E-state index contributed by atoms with van der Waals surface area (Å²) >= 11 is 1.57. The van der Waals surface area contributed by atoms with Crippen molar-refractivity contribution in [1.29, 1.82) is 0 Å². The van der Waals surface area contributed by atoms with Crippen LogP contribution in [0.5, 0.6) is 0 Å². The van der Waals surface area contributed by atoms with Gasteiger partial charge in [0.05, 0.1) is 19.9 Å². The van der Waals surface area contributed by atoms with Crippen LogP contribution in [-0.2, 0) is 16.1 Å². The molecule has 0 aliphatic carbocycles. The van der Waals surface area contributed by atoms with E-state index in [-0.39, 0.29) is 11.5 Å². The third-order valence-corrected chi connectivity index (χ3v) is 4.07. The zero-order valence-electron chi connectivity index (χ0n) is 13.9. The molecule has 134 valence electrons. The molecule has 1 aromatic heterocycles. The first-order valence-electron chi connectivity index (χ1n) is 7.55. The maximum Gasteiger partial charge on any atom is 0.328 e. The van der Waals surface area contributed by atoms with Gasteiger partial charge in [0.1, 0.15) is 11.9 Å². The Hall–Kier alpha value is -2.42. The normalized spacial score (nSPS) is 11.8. The molecule has 0 radical (unpaired) electrons. The molecule has 0 aliphatic heterocycles. The van der Waals surface area contributed by atoms with Crippen LogP contribution in [0.2, 0.25) is 0 Å². The SMILES string of the molecule is COC(=O)[C@@H](CCSC)NC(=O)c1cn(Cc2ccc(F)cc2)nn1. The minimum atomic E-state index is -0.729. The van der Waals surface area contributed by atoms with E-state index in [4.69, 9.17) is 4.74 Å². The Morgan fingerprint density at radius 3 is 2.72 bits per heavy atom. The standard InChI is InChI=1S/C16H19FN4O3S/c1-24-16(23)13(7-8-25-2)18-15(22)14-10-21(20-19-14)9-11-3-5-12(17)6-4-11/h3-6,10,13H,7-9H2,1-2H3,(H,18,22)/t13-/m1/s1. The summed E-state index contributed by atoms with van der Waals surface area (Å²) in [5, 5.41) is 10.3. The lowest BCUT2D eigenvalue weighted by molar-refractivity contribution is -0.142. The van der Waals surface area contributed by atoms with Crippen molar-refractivity contribution in [1.82, 2.24) is 20.3 Å². The third-order valence-electron chi connectivity index (χ3n) is 3.43. The summed E-state index contributed by atoms with van der Waals surface area (Å²) in [7, 11) is 1.28. The smallest absolute Gasteiger partial charge is 0.328 e. The number of hydrogen-bond donors (Lipinski definition) is 1. The molecule has 25 heavy (non-hydrogen) atoms. The van der Waals surface area contributed by atoms with Gasteiger partial charge in [-0.2, -0.15) is 11.8 Å². The predicted octanol–water partition coefficient (Wildman–Crippen LogP) is 1.49. The van der Waals surface area contributed by atoms with Gasteiger partial charge < -0.3 is 10.1 Å². The van der Waals surface area contributed by atoms with E-state index in [0.717, 1.165) is 5.56 Å². The van der Waals surface area contributed by atoms with Crippen LogP contribution in [0.25, 0.3) is 0 Å². The first-order chi connectivity index (χ1) is 12.0. The number of amides is 1. The second kappa shape index (κ2) is 9.16. The lowest BCUT2D eigenvalue weighted by Gasteiger charge is -2.14. The average Bonchev–Trinajstić information content (AvgIpc) is 3.08. The fourth-order valence-electron chi connectivity index (χ4n) is 2.12. The van der Waals surface area contributed by atoms with E-state index in [9.17, 15) is 14.0 Å². The van der Waals surface area contributed by atoms with Gasteiger partial charge in [-0.1, -0.05) is 17.3 Å². The topological polar surface area (TPSA) is 86.1 Å². The highest BCUT2D eigenvalue weighted by Gasteiger charge is 2.23. The van der Waals surface area contributed by atoms with Crippen LogP contribution in [0.3, 0.4) is 0 Å². The summed E-state index contributed by atoms with van der Waals surface area (Å²) in [6.07, 6.45) is 3.85. The van der Waals surface area contributed by atoms with Crippen LogP contribution in [0, 0.1) is 5.82 Å². The Bertz CT molecular complexity index is 720. The van der Waals surface area contributed by atoms with E-state index in [0.29, 0.717) is 18.7 Å². The first-order valence-corrected chi connectivity index (χ1v) is 8.95. The van der Waals surface area contributed by atoms with Crippen LogP contribution < -0.4 is 5.32 Å². The molecule has 2 rings (SSSR count). The first kappa shape index (κ1) is 18.9. The predicted molar refractivity (Wildman–Crippen MR) is 91.8 cm³/mol. The molecular weight excluding hydrogens is 347 g/mol. The van der Waals surface area contributed by atoms with Gasteiger partial charge in [-0.3, -0.25) is 4.79 Å². The number of ether oxygens (including phenoxy) is 1. The van der Waals surface area contributed by atoms with Crippen LogP contribution in [-0.4, -0.2) is 52.0 Å². The summed E-state index contributed by atoms with van der Waals surface area (Å²) < 4.78 is 19.1. The van der Waals surface area contributed by atoms with E-state index in [1.54, 1.807) is 23.9 Å². The Balaban J connectivity index is 2.00. The van der Waals surface area contributed by atoms with E-state index in [1.165, 1.54) is 30.1 Å². The molecule has 0 aliphatic rings. The van der Waals surface area contributed by atoms with Gasteiger partial charge >= 0.3 is 5.97 Å². The lowest BCUT2D eigenvalue weighted by Crippen LogP contribution is -2.42. The second-order valence-corrected chi connectivity index (χ2v) is 6.24. The molecule has 1 atom stereocenters. The number of rotatable bonds is 8. The van der Waals surface area contributed by atoms with Gasteiger partial charge in [-0.25, -0.2) is 13.9 Å². The van der Waals surface area contributed by atoms with Crippen molar-refractivity contribution < 1.29 is 18.7 Å². The number of esters is 1. The summed E-state index contributed by atoms with van der Waals surface area (Å²) in [4.78, 5) is 24.0. The minimum absolute atomic E-state index is 0.0974. The van der Waals surface area contributed by atoms with Crippen molar-refractivity contribution in [2.45, 2.75) is 19.0 Å². The third kappa shape index (κ3) is 5.56. The summed E-state index contributed by atoms with van der Waals surface area (Å²) in [5.74, 6) is -0.610. The van der Waals surface area contributed by atoms with E-state index in [1.807, 2.05) is 6.26 Å². The molecule has 1 aromatic carbocycles. The molecule has 0 bridgehead atoms. The van der Waals surface area contributed by atoms with Crippen LogP contribution in [0.1, 0.15) is 22.5 Å². The largest absolute Gasteiger partial charge is 0.467 e.